The number of hydrogen-bond acceptors (Lipinski definition) is 1. The van der Waals surface area contributed by atoms with E-state index < -0.39 is 7.26 Å². The van der Waals surface area contributed by atoms with E-state index in [0.717, 1.165) is 4.67 Å². The summed E-state index contributed by atoms with van der Waals surface area (Å²) >= 11 is 3.11. The molecule has 0 aliphatic heterocycles. The number of rotatable bonds is 3. The van der Waals surface area contributed by atoms with Gasteiger partial charge in [0.1, 0.15) is 0 Å². The number of halogens is 1. The molecule has 1 aromatic heterocycles. The first kappa shape index (κ1) is 18.6. The average Bonchev–Trinajstić information content (AvgIpc) is 3.21. The molecule has 0 N–H and O–H groups in total. The van der Waals surface area contributed by atoms with E-state index in [0.29, 0.717) is 0 Å². The second-order valence-electron chi connectivity index (χ2n) is 6.14. The average molecular weight is 425 g/mol. The molecule has 0 amide bonds. The molecule has 0 unspecified atom stereocenters. The van der Waals surface area contributed by atoms with Crippen molar-refractivity contribution in [2.24, 2.45) is 0 Å². The fourth-order valence-electron chi connectivity index (χ4n) is 3.07. The molecule has 0 fully saturated rings. The molecule has 0 saturated carbocycles. The SMILES string of the molecule is Brc1ccco1.C[PH](c1ccccc1)(c1ccccc1)c1ccccc1. The van der Waals surface area contributed by atoms with E-state index in [9.17, 15) is 0 Å². The summed E-state index contributed by atoms with van der Waals surface area (Å²) in [5.74, 6) is 0. The van der Waals surface area contributed by atoms with E-state index in [1.807, 2.05) is 12.1 Å². The van der Waals surface area contributed by atoms with E-state index in [4.69, 9.17) is 4.42 Å². The van der Waals surface area contributed by atoms with Gasteiger partial charge in [-0.05, 0) is 28.1 Å². The van der Waals surface area contributed by atoms with E-state index in [1.165, 1.54) is 15.9 Å². The van der Waals surface area contributed by atoms with Crippen LogP contribution < -0.4 is 15.9 Å². The van der Waals surface area contributed by atoms with Crippen molar-refractivity contribution in [2.45, 2.75) is 0 Å². The van der Waals surface area contributed by atoms with Crippen molar-refractivity contribution in [3.8, 4) is 0 Å². The van der Waals surface area contributed by atoms with Crippen molar-refractivity contribution < 1.29 is 4.42 Å². The molecule has 0 saturated heterocycles. The summed E-state index contributed by atoms with van der Waals surface area (Å²) in [4.78, 5) is 0. The first-order valence-electron chi connectivity index (χ1n) is 8.57. The number of furan rings is 1. The Morgan fingerprint density at radius 2 is 0.962 bits per heavy atom. The summed E-state index contributed by atoms with van der Waals surface area (Å²) in [5.41, 5.74) is 0. The predicted octanol–water partition coefficient (Wildman–Crippen LogP) is 5.38. The van der Waals surface area contributed by atoms with Crippen LogP contribution in [-0.2, 0) is 0 Å². The molecule has 132 valence electrons. The number of hydrogen-bond donors (Lipinski definition) is 0. The number of benzene rings is 3. The molecule has 3 aromatic carbocycles. The summed E-state index contributed by atoms with van der Waals surface area (Å²) < 4.78 is 5.53. The van der Waals surface area contributed by atoms with E-state index in [-0.39, 0.29) is 0 Å². The van der Waals surface area contributed by atoms with Gasteiger partial charge in [0, 0.05) is 0 Å². The zero-order chi connectivity index (χ0) is 18.2. The van der Waals surface area contributed by atoms with Gasteiger partial charge in [-0.15, -0.1) is 0 Å². The molecule has 1 nitrogen and oxygen atoms in total. The summed E-state index contributed by atoms with van der Waals surface area (Å²) in [7, 11) is -1.88. The van der Waals surface area contributed by atoms with Crippen molar-refractivity contribution in [2.75, 3.05) is 6.66 Å². The third-order valence-corrected chi connectivity index (χ3v) is 9.46. The molecule has 0 atom stereocenters. The maximum absolute atomic E-state index is 4.75. The summed E-state index contributed by atoms with van der Waals surface area (Å²) in [6, 6.07) is 36.4. The second kappa shape index (κ2) is 8.98. The van der Waals surface area contributed by atoms with Crippen molar-refractivity contribution >= 4 is 39.1 Å². The molecule has 0 aliphatic rings. The molecule has 4 aromatic rings. The molecule has 0 spiro atoms. The van der Waals surface area contributed by atoms with Gasteiger partial charge in [-0.25, -0.2) is 0 Å². The van der Waals surface area contributed by atoms with Gasteiger partial charge in [0.05, 0.1) is 6.26 Å². The van der Waals surface area contributed by atoms with Gasteiger partial charge in [-0.3, -0.25) is 0 Å². The van der Waals surface area contributed by atoms with Gasteiger partial charge >= 0.3 is 121 Å². The first-order chi connectivity index (χ1) is 12.7. The topological polar surface area (TPSA) is 13.1 Å². The van der Waals surface area contributed by atoms with E-state index >= 15 is 0 Å². The Balaban J connectivity index is 0.000000278. The molecule has 1 heterocycles. The molecule has 0 aliphatic carbocycles. The fraction of sp³-hybridized carbons (Fsp3) is 0.0435. The normalized spacial score (nSPS) is 11.3. The van der Waals surface area contributed by atoms with Crippen LogP contribution in [0.1, 0.15) is 0 Å². The van der Waals surface area contributed by atoms with Crippen LogP contribution in [0.2, 0.25) is 0 Å². The molecule has 26 heavy (non-hydrogen) atoms. The van der Waals surface area contributed by atoms with Gasteiger partial charge in [-0.2, -0.15) is 0 Å². The third-order valence-electron chi connectivity index (χ3n) is 4.54. The summed E-state index contributed by atoms with van der Waals surface area (Å²) in [6.07, 6.45) is 1.62. The molecule has 0 bridgehead atoms. The predicted molar refractivity (Wildman–Crippen MR) is 119 cm³/mol. The van der Waals surface area contributed by atoms with Crippen molar-refractivity contribution in [3.05, 3.63) is 114 Å². The van der Waals surface area contributed by atoms with E-state index in [2.05, 4.69) is 114 Å². The standard InChI is InChI=1S/C19H19P.C4H3BrO/c1-20(17-11-5-2-6-12-17,18-13-7-3-8-14-18)19-15-9-4-10-16-19;5-4-2-1-3-6-4/h2-16,20H,1H3;1-3H. The quantitative estimate of drug-likeness (QED) is 0.402. The maximum atomic E-state index is 4.75. The Morgan fingerprint density at radius 3 is 1.19 bits per heavy atom. The van der Waals surface area contributed by atoms with Gasteiger partial charge in [0.2, 0.25) is 0 Å². The minimum atomic E-state index is -1.88. The summed E-state index contributed by atoms with van der Waals surface area (Å²) in [5, 5.41) is 4.37. The Morgan fingerprint density at radius 1 is 0.577 bits per heavy atom. The van der Waals surface area contributed by atoms with Gasteiger partial charge in [-0.1, -0.05) is 0 Å². The molecule has 4 rings (SSSR count). The van der Waals surface area contributed by atoms with Gasteiger partial charge < -0.3 is 4.42 Å². The van der Waals surface area contributed by atoms with Crippen LogP contribution in [-0.4, -0.2) is 6.66 Å². The van der Waals surface area contributed by atoms with Crippen LogP contribution in [0.3, 0.4) is 0 Å². The van der Waals surface area contributed by atoms with Crippen LogP contribution >= 0.6 is 23.2 Å². The Hall–Kier alpha value is -2.15. The zero-order valence-corrected chi connectivity index (χ0v) is 17.3. The molecular weight excluding hydrogens is 403 g/mol. The third kappa shape index (κ3) is 4.33. The zero-order valence-electron chi connectivity index (χ0n) is 14.7. The van der Waals surface area contributed by atoms with Gasteiger partial charge in [0.15, 0.2) is 4.67 Å². The van der Waals surface area contributed by atoms with Crippen LogP contribution in [0.15, 0.2) is 118 Å². The van der Waals surface area contributed by atoms with Crippen molar-refractivity contribution in [3.63, 3.8) is 0 Å². The Kier molecular flexibility index (Phi) is 6.44. The van der Waals surface area contributed by atoms with Gasteiger partial charge in [0.25, 0.3) is 0 Å². The minimum absolute atomic E-state index is 0.780. The molecule has 0 radical (unpaired) electrons. The Labute approximate surface area is 164 Å². The van der Waals surface area contributed by atoms with Crippen LogP contribution in [0.4, 0.5) is 0 Å². The first-order valence-corrected chi connectivity index (χ1v) is 11.9. The van der Waals surface area contributed by atoms with E-state index in [1.54, 1.807) is 6.26 Å². The Bertz CT molecular complexity index is 794. The second-order valence-corrected chi connectivity index (χ2v) is 10.9. The molecular formula is C23H22BrOP. The monoisotopic (exact) mass is 424 g/mol. The molecule has 3 heteroatoms. The fourth-order valence-corrected chi connectivity index (χ4v) is 6.91. The van der Waals surface area contributed by atoms with Crippen molar-refractivity contribution in [1.82, 2.24) is 0 Å². The summed E-state index contributed by atoms with van der Waals surface area (Å²) in [6.45, 7) is 2.44. The van der Waals surface area contributed by atoms with Crippen molar-refractivity contribution in [1.29, 1.82) is 0 Å². The van der Waals surface area contributed by atoms with Crippen LogP contribution in [0, 0.1) is 0 Å². The van der Waals surface area contributed by atoms with Crippen LogP contribution in [0.5, 0.6) is 0 Å². The van der Waals surface area contributed by atoms with Crippen LogP contribution in [0.25, 0.3) is 0 Å².